The van der Waals surface area contributed by atoms with Crippen molar-refractivity contribution < 1.29 is 13.7 Å². The van der Waals surface area contributed by atoms with E-state index in [9.17, 15) is 4.79 Å². The summed E-state index contributed by atoms with van der Waals surface area (Å²) >= 11 is 0. The smallest absolute Gasteiger partial charge is 0.225 e. The first-order valence-electron chi connectivity index (χ1n) is 9.06. The second kappa shape index (κ2) is 6.27. The molecule has 26 heavy (non-hydrogen) atoms. The topological polar surface area (TPSA) is 81.2 Å². The molecule has 6 heteroatoms. The van der Waals surface area contributed by atoms with Gasteiger partial charge in [0.2, 0.25) is 11.8 Å². The number of benzene rings is 1. The number of hydrogen-bond acceptors (Lipinski definition) is 5. The Morgan fingerprint density at radius 3 is 2.62 bits per heavy atom. The molecule has 1 amide bonds. The summed E-state index contributed by atoms with van der Waals surface area (Å²) in [6.07, 6.45) is 5.71. The quantitative estimate of drug-likeness (QED) is 0.770. The number of hydrogen-bond donors (Lipinski definition) is 1. The van der Waals surface area contributed by atoms with Gasteiger partial charge in [0.25, 0.3) is 0 Å². The van der Waals surface area contributed by atoms with Gasteiger partial charge in [-0.2, -0.15) is 4.98 Å². The zero-order valence-corrected chi connectivity index (χ0v) is 15.4. The van der Waals surface area contributed by atoms with Crippen LogP contribution >= 0.6 is 0 Å². The molecule has 0 unspecified atom stereocenters. The highest BCUT2D eigenvalue weighted by Crippen LogP contribution is 2.37. The Morgan fingerprint density at radius 2 is 1.92 bits per heavy atom. The van der Waals surface area contributed by atoms with Crippen LogP contribution < -0.4 is 5.32 Å². The van der Waals surface area contributed by atoms with E-state index in [-0.39, 0.29) is 12.3 Å². The van der Waals surface area contributed by atoms with E-state index in [0.29, 0.717) is 11.7 Å². The van der Waals surface area contributed by atoms with Gasteiger partial charge in [-0.05, 0) is 49.9 Å². The van der Waals surface area contributed by atoms with Crippen molar-refractivity contribution in [2.75, 3.05) is 0 Å². The SMILES string of the molecule is Cc1nc(C2(NC(=O)Cc3coc4cc(C)c(C)cc34)CCCC2)no1. The molecule has 1 saturated carbocycles. The first kappa shape index (κ1) is 16.8. The van der Waals surface area contributed by atoms with Gasteiger partial charge in [0.15, 0.2) is 5.82 Å². The Bertz CT molecular complexity index is 964. The van der Waals surface area contributed by atoms with Crippen LogP contribution in [-0.4, -0.2) is 16.0 Å². The van der Waals surface area contributed by atoms with Crippen molar-refractivity contribution in [2.45, 2.75) is 58.4 Å². The van der Waals surface area contributed by atoms with Crippen molar-refractivity contribution in [1.29, 1.82) is 0 Å². The molecule has 1 aliphatic rings. The number of furan rings is 1. The maximum Gasteiger partial charge on any atom is 0.225 e. The van der Waals surface area contributed by atoms with Crippen LogP contribution in [0.3, 0.4) is 0 Å². The molecule has 0 radical (unpaired) electrons. The minimum absolute atomic E-state index is 0.0460. The summed E-state index contributed by atoms with van der Waals surface area (Å²) in [6.45, 7) is 5.89. The van der Waals surface area contributed by atoms with Gasteiger partial charge in [-0.15, -0.1) is 0 Å². The predicted octanol–water partition coefficient (Wildman–Crippen LogP) is 3.87. The van der Waals surface area contributed by atoms with Crippen molar-refractivity contribution in [3.63, 3.8) is 0 Å². The lowest BCUT2D eigenvalue weighted by Gasteiger charge is -2.26. The third-order valence-electron chi connectivity index (χ3n) is 5.41. The standard InChI is InChI=1S/C20H23N3O3/c1-12-8-16-15(11-25-17(16)9-13(12)2)10-18(24)22-20(6-4-5-7-20)19-21-14(3)26-23-19/h8-9,11H,4-7,10H2,1-3H3,(H,22,24). The number of fused-ring (bicyclic) bond motifs is 1. The number of carbonyl (C=O) groups excluding carboxylic acids is 1. The van der Waals surface area contributed by atoms with Gasteiger partial charge < -0.3 is 14.3 Å². The maximum absolute atomic E-state index is 12.8. The molecule has 3 aromatic rings. The summed E-state index contributed by atoms with van der Waals surface area (Å²) in [5, 5.41) is 8.26. The van der Waals surface area contributed by atoms with Crippen molar-refractivity contribution in [1.82, 2.24) is 15.5 Å². The van der Waals surface area contributed by atoms with E-state index in [1.54, 1.807) is 13.2 Å². The molecule has 1 aliphatic carbocycles. The number of rotatable bonds is 4. The molecule has 2 aromatic heterocycles. The van der Waals surface area contributed by atoms with E-state index in [2.05, 4.69) is 35.4 Å². The highest BCUT2D eigenvalue weighted by atomic mass is 16.5. The highest BCUT2D eigenvalue weighted by Gasteiger charge is 2.41. The predicted molar refractivity (Wildman–Crippen MR) is 96.7 cm³/mol. The van der Waals surface area contributed by atoms with Crippen LogP contribution in [0.5, 0.6) is 0 Å². The molecule has 1 fully saturated rings. The first-order valence-corrected chi connectivity index (χ1v) is 9.06. The van der Waals surface area contributed by atoms with E-state index < -0.39 is 5.54 Å². The molecule has 2 heterocycles. The fourth-order valence-electron chi connectivity index (χ4n) is 3.83. The van der Waals surface area contributed by atoms with E-state index in [1.165, 1.54) is 11.1 Å². The molecule has 0 atom stereocenters. The van der Waals surface area contributed by atoms with Crippen molar-refractivity contribution in [3.05, 3.63) is 46.8 Å². The van der Waals surface area contributed by atoms with Crippen LogP contribution in [0.15, 0.2) is 27.3 Å². The van der Waals surface area contributed by atoms with Crippen LogP contribution in [0.2, 0.25) is 0 Å². The summed E-state index contributed by atoms with van der Waals surface area (Å²) < 4.78 is 10.8. The van der Waals surface area contributed by atoms with Crippen molar-refractivity contribution in [2.24, 2.45) is 0 Å². The van der Waals surface area contributed by atoms with Crippen LogP contribution in [-0.2, 0) is 16.8 Å². The van der Waals surface area contributed by atoms with Gasteiger partial charge in [-0.3, -0.25) is 4.79 Å². The molecule has 1 aromatic carbocycles. The average molecular weight is 353 g/mol. The summed E-state index contributed by atoms with van der Waals surface area (Å²) in [4.78, 5) is 17.2. The molecular weight excluding hydrogens is 330 g/mol. The largest absolute Gasteiger partial charge is 0.464 e. The van der Waals surface area contributed by atoms with Crippen LogP contribution in [0, 0.1) is 20.8 Å². The molecule has 4 rings (SSSR count). The van der Waals surface area contributed by atoms with Gasteiger partial charge >= 0.3 is 0 Å². The lowest BCUT2D eigenvalue weighted by molar-refractivity contribution is -0.122. The maximum atomic E-state index is 12.8. The minimum atomic E-state index is -0.513. The number of carbonyl (C=O) groups is 1. The number of aryl methyl sites for hydroxylation is 3. The molecule has 6 nitrogen and oxygen atoms in total. The zero-order chi connectivity index (χ0) is 18.3. The first-order chi connectivity index (χ1) is 12.5. The average Bonchev–Trinajstić information content (AvgIpc) is 3.31. The zero-order valence-electron chi connectivity index (χ0n) is 15.4. The monoisotopic (exact) mass is 353 g/mol. The number of nitrogens with zero attached hydrogens (tertiary/aromatic N) is 2. The van der Waals surface area contributed by atoms with E-state index >= 15 is 0 Å². The molecule has 1 N–H and O–H groups in total. The third kappa shape index (κ3) is 2.89. The lowest BCUT2D eigenvalue weighted by atomic mass is 9.95. The molecule has 0 aliphatic heterocycles. The second-order valence-corrected chi connectivity index (χ2v) is 7.34. The number of nitrogens with one attached hydrogen (secondary N) is 1. The number of aromatic nitrogens is 2. The summed E-state index contributed by atoms with van der Waals surface area (Å²) in [7, 11) is 0. The molecule has 136 valence electrons. The van der Waals surface area contributed by atoms with E-state index in [4.69, 9.17) is 8.94 Å². The van der Waals surface area contributed by atoms with Crippen LogP contribution in [0.1, 0.15) is 54.1 Å². The van der Waals surface area contributed by atoms with E-state index in [1.807, 2.05) is 6.07 Å². The van der Waals surface area contributed by atoms with E-state index in [0.717, 1.165) is 42.2 Å². The Hall–Kier alpha value is -2.63. The molecule has 0 saturated heterocycles. The minimum Gasteiger partial charge on any atom is -0.464 e. The summed E-state index contributed by atoms with van der Waals surface area (Å²) in [6, 6.07) is 4.11. The molecule has 0 bridgehead atoms. The van der Waals surface area contributed by atoms with Gasteiger partial charge in [-0.1, -0.05) is 18.0 Å². The molecule has 0 spiro atoms. The summed E-state index contributed by atoms with van der Waals surface area (Å²) in [5.74, 6) is 1.06. The summed E-state index contributed by atoms with van der Waals surface area (Å²) in [5.41, 5.74) is 3.58. The normalized spacial score (nSPS) is 16.3. The van der Waals surface area contributed by atoms with Crippen LogP contribution in [0.4, 0.5) is 0 Å². The van der Waals surface area contributed by atoms with Gasteiger partial charge in [0.05, 0.1) is 12.7 Å². The Balaban J connectivity index is 1.57. The van der Waals surface area contributed by atoms with Gasteiger partial charge in [0, 0.05) is 17.9 Å². The van der Waals surface area contributed by atoms with Gasteiger partial charge in [-0.25, -0.2) is 0 Å². The van der Waals surface area contributed by atoms with Crippen LogP contribution in [0.25, 0.3) is 11.0 Å². The number of amides is 1. The fraction of sp³-hybridized carbons (Fsp3) is 0.450. The van der Waals surface area contributed by atoms with Crippen molar-refractivity contribution in [3.8, 4) is 0 Å². The Kier molecular flexibility index (Phi) is 4.05. The second-order valence-electron chi connectivity index (χ2n) is 7.34. The Morgan fingerprint density at radius 1 is 1.19 bits per heavy atom. The highest BCUT2D eigenvalue weighted by molar-refractivity contribution is 5.88. The fourth-order valence-corrected chi connectivity index (χ4v) is 3.83. The van der Waals surface area contributed by atoms with Crippen molar-refractivity contribution >= 4 is 16.9 Å². The van der Waals surface area contributed by atoms with Gasteiger partial charge in [0.1, 0.15) is 11.1 Å². The Labute approximate surface area is 152 Å². The third-order valence-corrected chi connectivity index (χ3v) is 5.41. The lowest BCUT2D eigenvalue weighted by Crippen LogP contribution is -2.45. The molecular formula is C20H23N3O3.